The molecule has 0 bridgehead atoms. The maximum atomic E-state index is 12.9. The number of hydrogen-bond donors (Lipinski definition) is 1. The lowest BCUT2D eigenvalue weighted by Gasteiger charge is -2.17. The van der Waals surface area contributed by atoms with Gasteiger partial charge in [-0.2, -0.15) is 11.8 Å². The fourth-order valence-corrected chi connectivity index (χ4v) is 3.79. The lowest BCUT2D eigenvalue weighted by molar-refractivity contribution is -0.127. The van der Waals surface area contributed by atoms with Gasteiger partial charge in [0.2, 0.25) is 0 Å². The lowest BCUT2D eigenvalue weighted by atomic mass is 10.2. The van der Waals surface area contributed by atoms with Crippen LogP contribution in [0.3, 0.4) is 0 Å². The van der Waals surface area contributed by atoms with Gasteiger partial charge in [0.05, 0.1) is 0 Å². The molecule has 0 spiro atoms. The summed E-state index contributed by atoms with van der Waals surface area (Å²) < 4.78 is 18.5. The van der Waals surface area contributed by atoms with Crippen LogP contribution in [-0.4, -0.2) is 29.6 Å². The van der Waals surface area contributed by atoms with Gasteiger partial charge in [-0.1, -0.05) is 19.8 Å². The van der Waals surface area contributed by atoms with Crippen molar-refractivity contribution < 1.29 is 13.9 Å². The first-order valence-corrected chi connectivity index (χ1v) is 9.05. The molecule has 1 N–H and O–H groups in total. The number of benzene rings is 1. The Morgan fingerprint density at radius 2 is 2.05 bits per heavy atom. The van der Waals surface area contributed by atoms with Gasteiger partial charge < -0.3 is 10.1 Å². The summed E-state index contributed by atoms with van der Waals surface area (Å²) in [6.07, 6.45) is 5.36. The predicted molar refractivity (Wildman–Crippen MR) is 88.8 cm³/mol. The minimum absolute atomic E-state index is 0.0983. The average Bonchev–Trinajstić information content (AvgIpc) is 3.04. The molecule has 0 aromatic heterocycles. The van der Waals surface area contributed by atoms with E-state index in [1.807, 2.05) is 18.7 Å². The third kappa shape index (κ3) is 5.52. The number of ether oxygens (including phenoxy) is 1. The second-order valence-electron chi connectivity index (χ2n) is 5.54. The van der Waals surface area contributed by atoms with E-state index in [2.05, 4.69) is 5.32 Å². The van der Waals surface area contributed by atoms with Gasteiger partial charge in [0.25, 0.3) is 5.91 Å². The normalized spacial score (nSPS) is 16.5. The standard InChI is InChI=1S/C17H24FNO2S/c1-2-16(21-14-9-7-13(18)8-10-14)17(20)19-11-12-22-15-5-3-4-6-15/h7-10,15-16H,2-6,11-12H2,1H3,(H,19,20)/t16-/m1/s1. The lowest BCUT2D eigenvalue weighted by Crippen LogP contribution is -2.39. The Labute approximate surface area is 136 Å². The highest BCUT2D eigenvalue weighted by Crippen LogP contribution is 2.28. The first-order chi connectivity index (χ1) is 10.7. The van der Waals surface area contributed by atoms with Crippen molar-refractivity contribution in [3.05, 3.63) is 30.1 Å². The summed E-state index contributed by atoms with van der Waals surface area (Å²) in [4.78, 5) is 12.1. The van der Waals surface area contributed by atoms with Crippen LogP contribution in [0.1, 0.15) is 39.0 Å². The predicted octanol–water partition coefficient (Wildman–Crippen LogP) is 3.78. The molecule has 0 saturated heterocycles. The van der Waals surface area contributed by atoms with Crippen LogP contribution < -0.4 is 10.1 Å². The monoisotopic (exact) mass is 325 g/mol. The first kappa shape index (κ1) is 17.1. The number of hydrogen-bond acceptors (Lipinski definition) is 3. The quantitative estimate of drug-likeness (QED) is 0.739. The molecule has 1 aliphatic carbocycles. The molecule has 1 aromatic rings. The van der Waals surface area contributed by atoms with Gasteiger partial charge in [0.15, 0.2) is 6.10 Å². The maximum absolute atomic E-state index is 12.9. The van der Waals surface area contributed by atoms with Crippen molar-refractivity contribution in [3.63, 3.8) is 0 Å². The van der Waals surface area contributed by atoms with E-state index in [0.29, 0.717) is 18.7 Å². The Hall–Kier alpha value is -1.23. The van der Waals surface area contributed by atoms with Crippen molar-refractivity contribution in [2.45, 2.75) is 50.4 Å². The molecule has 0 aliphatic heterocycles. The Balaban J connectivity index is 1.70. The fourth-order valence-electron chi connectivity index (χ4n) is 2.57. The van der Waals surface area contributed by atoms with Crippen molar-refractivity contribution >= 4 is 17.7 Å². The summed E-state index contributed by atoms with van der Waals surface area (Å²) >= 11 is 1.95. The van der Waals surface area contributed by atoms with Gasteiger partial charge in [-0.05, 0) is 43.5 Å². The number of rotatable bonds is 8. The number of carbonyl (C=O) groups excluding carboxylic acids is 1. The summed E-state index contributed by atoms with van der Waals surface area (Å²) in [5.41, 5.74) is 0. The van der Waals surface area contributed by atoms with Crippen molar-refractivity contribution in [2.24, 2.45) is 0 Å². The summed E-state index contributed by atoms with van der Waals surface area (Å²) in [7, 11) is 0. The molecule has 5 heteroatoms. The Bertz CT molecular complexity index is 460. The van der Waals surface area contributed by atoms with Crippen molar-refractivity contribution in [1.29, 1.82) is 0 Å². The van der Waals surface area contributed by atoms with Gasteiger partial charge in [-0.3, -0.25) is 4.79 Å². The van der Waals surface area contributed by atoms with Crippen molar-refractivity contribution in [2.75, 3.05) is 12.3 Å². The van der Waals surface area contributed by atoms with E-state index < -0.39 is 6.10 Å². The molecular formula is C17H24FNO2S. The highest BCUT2D eigenvalue weighted by Gasteiger charge is 2.19. The molecule has 0 radical (unpaired) electrons. The smallest absolute Gasteiger partial charge is 0.261 e. The van der Waals surface area contributed by atoms with Crippen LogP contribution in [0.25, 0.3) is 0 Å². The molecule has 1 saturated carbocycles. The minimum Gasteiger partial charge on any atom is -0.481 e. The molecule has 1 aliphatic rings. The number of carbonyl (C=O) groups is 1. The second kappa shape index (κ2) is 9.03. The van der Waals surface area contributed by atoms with Crippen LogP contribution in [-0.2, 0) is 4.79 Å². The molecule has 2 rings (SSSR count). The highest BCUT2D eigenvalue weighted by atomic mass is 32.2. The Kier molecular flexibility index (Phi) is 7.03. The van der Waals surface area contributed by atoms with Gasteiger partial charge in [0.1, 0.15) is 11.6 Å². The van der Waals surface area contributed by atoms with E-state index in [0.717, 1.165) is 11.0 Å². The third-order valence-electron chi connectivity index (χ3n) is 3.81. The van der Waals surface area contributed by atoms with Crippen LogP contribution in [0.15, 0.2) is 24.3 Å². The summed E-state index contributed by atoms with van der Waals surface area (Å²) in [5.74, 6) is 1.06. The van der Waals surface area contributed by atoms with E-state index in [9.17, 15) is 9.18 Å². The molecule has 22 heavy (non-hydrogen) atoms. The van der Waals surface area contributed by atoms with Crippen LogP contribution in [0.4, 0.5) is 4.39 Å². The topological polar surface area (TPSA) is 38.3 Å². The number of halogens is 1. The molecule has 122 valence electrons. The van der Waals surface area contributed by atoms with Crippen LogP contribution in [0.2, 0.25) is 0 Å². The third-order valence-corrected chi connectivity index (χ3v) is 5.19. The summed E-state index contributed by atoms with van der Waals surface area (Å²) in [5, 5.41) is 3.70. The number of nitrogens with one attached hydrogen (secondary N) is 1. The minimum atomic E-state index is -0.526. The summed E-state index contributed by atoms with van der Waals surface area (Å²) in [6, 6.07) is 5.75. The molecule has 0 unspecified atom stereocenters. The Morgan fingerprint density at radius 3 is 2.68 bits per heavy atom. The van der Waals surface area contributed by atoms with Gasteiger partial charge in [-0.25, -0.2) is 4.39 Å². The second-order valence-corrected chi connectivity index (χ2v) is 6.95. The van der Waals surface area contributed by atoms with E-state index in [-0.39, 0.29) is 11.7 Å². The molecule has 1 fully saturated rings. The SMILES string of the molecule is CC[C@@H](Oc1ccc(F)cc1)C(=O)NCCSC1CCCC1. The van der Waals surface area contributed by atoms with Crippen LogP contribution in [0, 0.1) is 5.82 Å². The van der Waals surface area contributed by atoms with Gasteiger partial charge in [0, 0.05) is 17.5 Å². The fraction of sp³-hybridized carbons (Fsp3) is 0.588. The maximum Gasteiger partial charge on any atom is 0.261 e. The molecule has 1 atom stereocenters. The number of thioether (sulfide) groups is 1. The molecule has 0 heterocycles. The zero-order chi connectivity index (χ0) is 15.8. The zero-order valence-corrected chi connectivity index (χ0v) is 13.8. The van der Waals surface area contributed by atoms with E-state index >= 15 is 0 Å². The first-order valence-electron chi connectivity index (χ1n) is 8.00. The number of amides is 1. The largest absolute Gasteiger partial charge is 0.481 e. The molecule has 3 nitrogen and oxygen atoms in total. The van der Waals surface area contributed by atoms with Crippen molar-refractivity contribution in [3.8, 4) is 5.75 Å². The van der Waals surface area contributed by atoms with Crippen LogP contribution in [0.5, 0.6) is 5.75 Å². The molecule has 1 amide bonds. The van der Waals surface area contributed by atoms with Crippen molar-refractivity contribution in [1.82, 2.24) is 5.32 Å². The summed E-state index contributed by atoms with van der Waals surface area (Å²) in [6.45, 7) is 2.57. The molecule has 1 aromatic carbocycles. The van der Waals surface area contributed by atoms with Crippen LogP contribution >= 0.6 is 11.8 Å². The van der Waals surface area contributed by atoms with Gasteiger partial charge in [-0.15, -0.1) is 0 Å². The van der Waals surface area contributed by atoms with E-state index in [1.165, 1.54) is 37.8 Å². The highest BCUT2D eigenvalue weighted by molar-refractivity contribution is 7.99. The van der Waals surface area contributed by atoms with Gasteiger partial charge >= 0.3 is 0 Å². The zero-order valence-electron chi connectivity index (χ0n) is 13.0. The average molecular weight is 325 g/mol. The molecular weight excluding hydrogens is 301 g/mol. The van der Waals surface area contributed by atoms with E-state index in [1.54, 1.807) is 12.1 Å². The van der Waals surface area contributed by atoms with E-state index in [4.69, 9.17) is 4.74 Å². The Morgan fingerprint density at radius 1 is 1.36 bits per heavy atom.